The Hall–Kier alpha value is -3.04. The molecule has 3 aromatic rings. The average molecular weight is 531 g/mol. The van der Waals surface area contributed by atoms with Gasteiger partial charge < -0.3 is 15.0 Å². The number of nitrogens with one attached hydrogen (secondary N) is 1. The third kappa shape index (κ3) is 10.9. The molecule has 214 valence electrons. The lowest BCUT2D eigenvalue weighted by Gasteiger charge is -2.24. The number of phenols is 1. The van der Waals surface area contributed by atoms with Gasteiger partial charge in [0.15, 0.2) is 0 Å². The smallest absolute Gasteiger partial charge is 0.125 e. The number of piperidine rings is 1. The van der Waals surface area contributed by atoms with Crippen molar-refractivity contribution in [3.63, 3.8) is 0 Å². The standard InChI is InChI=1S/C20H26N2O.C10H14.C4H8.C2H6/c1-4-17-11-19(18-8-7-14(2)10-20(18)23)22(15(17)3)13-16-6-5-9-21-12-16;1-4-10-6-5-8(2)9(3)7-10;1-4(2)3;1-2/h4,7-8,10-11,16,21,23H,3,5-6,9,12-13H2,1-2H3;5-7H,4H2,1-3H3;1H2,2-3H3;1-2H3/b17-4-;;;/t16-;;;/m1.../s1. The van der Waals surface area contributed by atoms with E-state index in [1.807, 2.05) is 59.7 Å². The third-order valence-corrected chi connectivity index (χ3v) is 6.80. The Bertz CT molecular complexity index is 1270. The second kappa shape index (κ2) is 17.5. The van der Waals surface area contributed by atoms with E-state index in [4.69, 9.17) is 0 Å². The van der Waals surface area contributed by atoms with Crippen molar-refractivity contribution >= 4 is 12.7 Å². The maximum absolute atomic E-state index is 10.4. The highest BCUT2D eigenvalue weighted by Crippen LogP contribution is 2.29. The molecular weight excluding hydrogens is 476 g/mol. The predicted octanol–water partition coefficient (Wildman–Crippen LogP) is 7.85. The van der Waals surface area contributed by atoms with Crippen LogP contribution in [0, 0.1) is 26.7 Å². The summed E-state index contributed by atoms with van der Waals surface area (Å²) in [7, 11) is 0. The summed E-state index contributed by atoms with van der Waals surface area (Å²) in [5, 5.41) is 16.1. The van der Waals surface area contributed by atoms with Gasteiger partial charge in [0.2, 0.25) is 0 Å². The first kappa shape index (κ1) is 34.0. The van der Waals surface area contributed by atoms with Crippen molar-refractivity contribution in [1.29, 1.82) is 0 Å². The van der Waals surface area contributed by atoms with Gasteiger partial charge in [-0.05, 0) is 125 Å². The summed E-state index contributed by atoms with van der Waals surface area (Å²) < 4.78 is 2.28. The fourth-order valence-electron chi connectivity index (χ4n) is 4.51. The molecule has 3 nitrogen and oxygen atoms in total. The number of benzene rings is 2. The Labute approximate surface area is 239 Å². The van der Waals surface area contributed by atoms with E-state index in [1.165, 1.54) is 35.1 Å². The lowest BCUT2D eigenvalue weighted by atomic mass is 9.99. The van der Waals surface area contributed by atoms with Gasteiger partial charge >= 0.3 is 0 Å². The summed E-state index contributed by atoms with van der Waals surface area (Å²) in [5.74, 6) is 0.959. The Balaban J connectivity index is 0.000000394. The second-order valence-electron chi connectivity index (χ2n) is 10.5. The molecular formula is C36H54N2O. The number of hydrogen-bond acceptors (Lipinski definition) is 2. The SMILES string of the molecule is C=C(C)C.C=c1/c(=C\C)cc(-c2ccc(C)cc2O)n1C[C@@H]1CCCNC1.CC.CCc1ccc(C)c(C)c1. The van der Waals surface area contributed by atoms with Crippen LogP contribution in [-0.2, 0) is 13.0 Å². The normalized spacial score (nSPS) is 14.7. The highest BCUT2D eigenvalue weighted by atomic mass is 16.3. The number of phenolic OH excluding ortho intramolecular Hbond substituents is 1. The molecule has 2 heterocycles. The molecule has 2 N–H and O–H groups in total. The number of nitrogens with zero attached hydrogens (tertiary/aromatic N) is 1. The van der Waals surface area contributed by atoms with Crippen LogP contribution in [0.1, 0.15) is 76.6 Å². The Morgan fingerprint density at radius 1 is 1.05 bits per heavy atom. The lowest BCUT2D eigenvalue weighted by Crippen LogP contribution is -2.36. The van der Waals surface area contributed by atoms with Crippen LogP contribution in [0.15, 0.2) is 54.6 Å². The number of allylic oxidation sites excluding steroid dienone is 1. The molecule has 1 aliphatic rings. The van der Waals surface area contributed by atoms with E-state index >= 15 is 0 Å². The first-order valence-electron chi connectivity index (χ1n) is 14.6. The monoisotopic (exact) mass is 530 g/mol. The van der Waals surface area contributed by atoms with E-state index in [0.29, 0.717) is 11.7 Å². The van der Waals surface area contributed by atoms with Crippen LogP contribution in [0.3, 0.4) is 0 Å². The molecule has 0 spiro atoms. The number of aromatic nitrogens is 1. The van der Waals surface area contributed by atoms with E-state index in [0.717, 1.165) is 53.4 Å². The summed E-state index contributed by atoms with van der Waals surface area (Å²) >= 11 is 0. The fourth-order valence-corrected chi connectivity index (χ4v) is 4.51. The van der Waals surface area contributed by atoms with Crippen LogP contribution in [0.5, 0.6) is 5.75 Å². The van der Waals surface area contributed by atoms with Crippen LogP contribution >= 0.6 is 0 Å². The topological polar surface area (TPSA) is 37.2 Å². The van der Waals surface area contributed by atoms with Crippen LogP contribution in [-0.4, -0.2) is 22.8 Å². The highest BCUT2D eigenvalue weighted by Gasteiger charge is 2.17. The predicted molar refractivity (Wildman–Crippen MR) is 174 cm³/mol. The zero-order valence-corrected chi connectivity index (χ0v) is 26.2. The largest absolute Gasteiger partial charge is 0.507 e. The maximum Gasteiger partial charge on any atom is 0.125 e. The van der Waals surface area contributed by atoms with Gasteiger partial charge in [-0.25, -0.2) is 0 Å². The van der Waals surface area contributed by atoms with Crippen molar-refractivity contribution < 1.29 is 5.11 Å². The first-order chi connectivity index (χ1) is 18.6. The minimum atomic E-state index is 0.341. The van der Waals surface area contributed by atoms with Crippen molar-refractivity contribution in [3.8, 4) is 17.0 Å². The molecule has 39 heavy (non-hydrogen) atoms. The Morgan fingerprint density at radius 2 is 1.72 bits per heavy atom. The quantitative estimate of drug-likeness (QED) is 0.337. The second-order valence-corrected chi connectivity index (χ2v) is 10.5. The van der Waals surface area contributed by atoms with Crippen LogP contribution < -0.4 is 15.9 Å². The van der Waals surface area contributed by atoms with Crippen molar-refractivity contribution in [3.05, 3.63) is 87.4 Å². The summed E-state index contributed by atoms with van der Waals surface area (Å²) in [6.07, 6.45) is 5.71. The molecule has 1 fully saturated rings. The summed E-state index contributed by atoms with van der Waals surface area (Å²) in [6.45, 7) is 29.4. The average Bonchev–Trinajstić information content (AvgIpc) is 3.22. The van der Waals surface area contributed by atoms with Gasteiger partial charge in [-0.15, -0.1) is 6.58 Å². The number of aromatic hydroxyl groups is 1. The molecule has 0 aliphatic carbocycles. The molecule has 2 aromatic carbocycles. The van der Waals surface area contributed by atoms with Gasteiger partial charge in [0.05, 0.1) is 5.69 Å². The molecule has 0 unspecified atom stereocenters. The maximum atomic E-state index is 10.4. The number of rotatable bonds is 4. The first-order valence-corrected chi connectivity index (χ1v) is 14.6. The van der Waals surface area contributed by atoms with Gasteiger partial charge in [0, 0.05) is 17.5 Å². The Morgan fingerprint density at radius 3 is 2.23 bits per heavy atom. The molecule has 0 bridgehead atoms. The van der Waals surface area contributed by atoms with Gasteiger partial charge in [-0.1, -0.05) is 63.3 Å². The van der Waals surface area contributed by atoms with Crippen molar-refractivity contribution in [2.75, 3.05) is 13.1 Å². The van der Waals surface area contributed by atoms with Crippen molar-refractivity contribution in [2.45, 2.75) is 88.1 Å². The van der Waals surface area contributed by atoms with Crippen LogP contribution in [0.25, 0.3) is 23.9 Å². The highest BCUT2D eigenvalue weighted by molar-refractivity contribution is 5.68. The van der Waals surface area contributed by atoms with Gasteiger partial charge in [-0.3, -0.25) is 0 Å². The zero-order chi connectivity index (χ0) is 29.5. The molecule has 1 atom stereocenters. The fraction of sp³-hybridized carbons (Fsp3) is 0.444. The molecule has 0 saturated carbocycles. The number of aryl methyl sites for hydroxylation is 4. The minimum Gasteiger partial charge on any atom is -0.507 e. The summed E-state index contributed by atoms with van der Waals surface area (Å²) in [4.78, 5) is 0. The van der Waals surface area contributed by atoms with Crippen molar-refractivity contribution in [1.82, 2.24) is 9.88 Å². The minimum absolute atomic E-state index is 0.341. The third-order valence-electron chi connectivity index (χ3n) is 6.80. The van der Waals surface area contributed by atoms with E-state index in [9.17, 15) is 5.11 Å². The van der Waals surface area contributed by atoms with Crippen LogP contribution in [0.2, 0.25) is 0 Å². The summed E-state index contributed by atoms with van der Waals surface area (Å²) in [6, 6.07) is 14.7. The Kier molecular flexibility index (Phi) is 15.3. The molecule has 3 heteroatoms. The van der Waals surface area contributed by atoms with E-state index in [2.05, 4.69) is 74.2 Å². The summed E-state index contributed by atoms with van der Waals surface area (Å²) in [5.41, 5.74) is 8.40. The van der Waals surface area contributed by atoms with E-state index in [-0.39, 0.29) is 0 Å². The van der Waals surface area contributed by atoms with Crippen LogP contribution in [0.4, 0.5) is 0 Å². The molecule has 1 saturated heterocycles. The lowest BCUT2D eigenvalue weighted by molar-refractivity contribution is 0.336. The molecule has 0 radical (unpaired) electrons. The van der Waals surface area contributed by atoms with Crippen molar-refractivity contribution in [2.24, 2.45) is 5.92 Å². The van der Waals surface area contributed by atoms with Gasteiger partial charge in [0.25, 0.3) is 0 Å². The molecule has 4 rings (SSSR count). The number of hydrogen-bond donors (Lipinski definition) is 2. The van der Waals surface area contributed by atoms with E-state index < -0.39 is 0 Å². The zero-order valence-electron chi connectivity index (χ0n) is 26.2. The molecule has 0 amide bonds. The van der Waals surface area contributed by atoms with Gasteiger partial charge in [0.1, 0.15) is 5.75 Å². The molecule has 1 aromatic heterocycles. The van der Waals surface area contributed by atoms with E-state index in [1.54, 1.807) is 0 Å². The van der Waals surface area contributed by atoms with Gasteiger partial charge in [-0.2, -0.15) is 0 Å². The molecule has 1 aliphatic heterocycles.